The molecule has 0 amide bonds. The zero-order valence-corrected chi connectivity index (χ0v) is 13.1. The van der Waals surface area contributed by atoms with Crippen molar-refractivity contribution < 1.29 is 9.18 Å². The maximum absolute atomic E-state index is 12.4. The highest BCUT2D eigenvalue weighted by atomic mass is 19.1. The summed E-state index contributed by atoms with van der Waals surface area (Å²) in [7, 11) is 0. The molecule has 0 unspecified atom stereocenters. The van der Waals surface area contributed by atoms with E-state index in [4.69, 9.17) is 0 Å². The first-order chi connectivity index (χ1) is 9.37. The van der Waals surface area contributed by atoms with Crippen LogP contribution in [0.25, 0.3) is 0 Å². The van der Waals surface area contributed by atoms with Crippen LogP contribution in [0.15, 0.2) is 18.2 Å². The summed E-state index contributed by atoms with van der Waals surface area (Å²) in [6.07, 6.45) is 3.93. The summed E-state index contributed by atoms with van der Waals surface area (Å²) in [5, 5.41) is 3.19. The van der Waals surface area contributed by atoms with Gasteiger partial charge in [-0.05, 0) is 68.7 Å². The molecule has 1 aliphatic rings. The third-order valence-electron chi connectivity index (χ3n) is 3.77. The van der Waals surface area contributed by atoms with Crippen LogP contribution in [-0.2, 0) is 4.79 Å². The average molecular weight is 279 g/mol. The first kappa shape index (κ1) is 16.8. The Kier molecular flexibility index (Phi) is 6.34. The van der Waals surface area contributed by atoms with Crippen molar-refractivity contribution in [2.45, 2.75) is 47.0 Å². The SMILES string of the molecule is CCC1(CNCC(C)=O)CC1.Cc1cc(C)cc(F)c1. The minimum absolute atomic E-state index is 0.146. The molecule has 1 aliphatic carbocycles. The molecule has 20 heavy (non-hydrogen) atoms. The number of hydrogen-bond acceptors (Lipinski definition) is 2. The van der Waals surface area contributed by atoms with Crippen molar-refractivity contribution in [2.24, 2.45) is 5.41 Å². The van der Waals surface area contributed by atoms with E-state index in [0.29, 0.717) is 12.0 Å². The van der Waals surface area contributed by atoms with E-state index < -0.39 is 0 Å². The Balaban J connectivity index is 0.000000204. The number of rotatable bonds is 5. The van der Waals surface area contributed by atoms with Gasteiger partial charge in [-0.2, -0.15) is 0 Å². The van der Waals surface area contributed by atoms with Crippen LogP contribution in [0.5, 0.6) is 0 Å². The Morgan fingerprint density at radius 2 is 1.80 bits per heavy atom. The summed E-state index contributed by atoms with van der Waals surface area (Å²) in [4.78, 5) is 10.6. The normalized spacial score (nSPS) is 15.2. The second-order valence-electron chi connectivity index (χ2n) is 5.97. The van der Waals surface area contributed by atoms with Gasteiger partial charge in [-0.3, -0.25) is 4.79 Å². The third-order valence-corrected chi connectivity index (χ3v) is 3.77. The van der Waals surface area contributed by atoms with Crippen LogP contribution in [0.3, 0.4) is 0 Å². The lowest BCUT2D eigenvalue weighted by Crippen LogP contribution is -2.27. The molecule has 1 aromatic carbocycles. The van der Waals surface area contributed by atoms with Gasteiger partial charge in [0.2, 0.25) is 0 Å². The van der Waals surface area contributed by atoms with E-state index in [-0.39, 0.29) is 11.6 Å². The number of carbonyl (C=O) groups excluding carboxylic acids is 1. The van der Waals surface area contributed by atoms with Gasteiger partial charge in [-0.25, -0.2) is 4.39 Å². The lowest BCUT2D eigenvalue weighted by molar-refractivity contribution is -0.116. The lowest BCUT2D eigenvalue weighted by Gasteiger charge is -2.11. The number of ketones is 1. The van der Waals surface area contributed by atoms with E-state index in [2.05, 4.69) is 12.2 Å². The molecule has 0 atom stereocenters. The van der Waals surface area contributed by atoms with Crippen LogP contribution in [0, 0.1) is 25.1 Å². The smallest absolute Gasteiger partial charge is 0.143 e. The number of Topliss-reactive ketones (excluding diaryl/α,β-unsaturated/α-hetero) is 1. The van der Waals surface area contributed by atoms with Gasteiger partial charge in [0.15, 0.2) is 0 Å². The van der Waals surface area contributed by atoms with Crippen molar-refractivity contribution in [2.75, 3.05) is 13.1 Å². The first-order valence-electron chi connectivity index (χ1n) is 7.31. The Bertz CT molecular complexity index is 402. The highest BCUT2D eigenvalue weighted by Crippen LogP contribution is 2.47. The van der Waals surface area contributed by atoms with Crippen molar-refractivity contribution in [1.82, 2.24) is 5.32 Å². The zero-order chi connectivity index (χ0) is 15.2. The summed E-state index contributed by atoms with van der Waals surface area (Å²) < 4.78 is 12.4. The van der Waals surface area contributed by atoms with Crippen LogP contribution in [0.4, 0.5) is 4.39 Å². The van der Waals surface area contributed by atoms with Crippen LogP contribution in [0.2, 0.25) is 0 Å². The van der Waals surface area contributed by atoms with Crippen molar-refractivity contribution in [3.8, 4) is 0 Å². The molecule has 0 aromatic heterocycles. The molecule has 112 valence electrons. The number of nitrogens with one attached hydrogen (secondary N) is 1. The molecule has 1 N–H and O–H groups in total. The van der Waals surface area contributed by atoms with Gasteiger partial charge in [0, 0.05) is 6.54 Å². The molecule has 3 heteroatoms. The van der Waals surface area contributed by atoms with Gasteiger partial charge in [0.1, 0.15) is 11.6 Å². The molecule has 2 rings (SSSR count). The van der Waals surface area contributed by atoms with Crippen molar-refractivity contribution >= 4 is 5.78 Å². The monoisotopic (exact) mass is 279 g/mol. The molecular formula is C17H26FNO. The predicted octanol–water partition coefficient (Wildman–Crippen LogP) is 3.80. The third kappa shape index (κ3) is 6.29. The van der Waals surface area contributed by atoms with Crippen LogP contribution >= 0.6 is 0 Å². The Morgan fingerprint density at radius 3 is 2.15 bits per heavy atom. The van der Waals surface area contributed by atoms with Crippen LogP contribution in [0.1, 0.15) is 44.2 Å². The number of halogens is 1. The molecule has 0 spiro atoms. The highest BCUT2D eigenvalue weighted by molar-refractivity contribution is 5.77. The molecular weight excluding hydrogens is 253 g/mol. The van der Waals surface area contributed by atoms with E-state index in [9.17, 15) is 9.18 Å². The summed E-state index contributed by atoms with van der Waals surface area (Å²) in [6, 6.07) is 4.99. The van der Waals surface area contributed by atoms with Crippen LogP contribution < -0.4 is 5.32 Å². The highest BCUT2D eigenvalue weighted by Gasteiger charge is 2.39. The second-order valence-corrected chi connectivity index (χ2v) is 5.97. The Hall–Kier alpha value is -1.22. The number of carbonyl (C=O) groups is 1. The fraction of sp³-hybridized carbons (Fsp3) is 0.588. The number of hydrogen-bond donors (Lipinski definition) is 1. The maximum Gasteiger partial charge on any atom is 0.143 e. The first-order valence-corrected chi connectivity index (χ1v) is 7.31. The molecule has 2 nitrogen and oxygen atoms in total. The van der Waals surface area contributed by atoms with Crippen molar-refractivity contribution in [3.05, 3.63) is 35.1 Å². The molecule has 1 fully saturated rings. The lowest BCUT2D eigenvalue weighted by atomic mass is 10.0. The van der Waals surface area contributed by atoms with Crippen LogP contribution in [-0.4, -0.2) is 18.9 Å². The van der Waals surface area contributed by atoms with E-state index >= 15 is 0 Å². The number of aryl methyl sites for hydroxylation is 2. The van der Waals surface area contributed by atoms with Gasteiger partial charge < -0.3 is 5.32 Å². The van der Waals surface area contributed by atoms with Crippen molar-refractivity contribution in [1.29, 1.82) is 0 Å². The van der Waals surface area contributed by atoms with Gasteiger partial charge >= 0.3 is 0 Å². The molecule has 0 saturated heterocycles. The Morgan fingerprint density at radius 1 is 1.25 bits per heavy atom. The molecule has 0 heterocycles. The maximum atomic E-state index is 12.4. The Labute approximate surface area is 121 Å². The van der Waals surface area contributed by atoms with E-state index in [1.165, 1.54) is 31.4 Å². The van der Waals surface area contributed by atoms with Crippen molar-refractivity contribution in [3.63, 3.8) is 0 Å². The number of benzene rings is 1. The standard InChI is InChI=1S/C9H17NO.C8H9F/c1-3-9(4-5-9)7-10-6-8(2)11;1-6-3-7(2)5-8(9)4-6/h10H,3-7H2,1-2H3;3-5H,1-2H3. The van der Waals surface area contributed by atoms with E-state index in [1.54, 1.807) is 6.92 Å². The van der Waals surface area contributed by atoms with E-state index in [0.717, 1.165) is 17.7 Å². The van der Waals surface area contributed by atoms with Gasteiger partial charge in [-0.1, -0.05) is 13.0 Å². The van der Waals surface area contributed by atoms with Gasteiger partial charge in [-0.15, -0.1) is 0 Å². The van der Waals surface area contributed by atoms with E-state index in [1.807, 2.05) is 19.9 Å². The predicted molar refractivity (Wildman–Crippen MR) is 81.4 cm³/mol. The molecule has 1 saturated carbocycles. The van der Waals surface area contributed by atoms with Gasteiger partial charge in [0.25, 0.3) is 0 Å². The minimum Gasteiger partial charge on any atom is -0.309 e. The second kappa shape index (κ2) is 7.53. The topological polar surface area (TPSA) is 29.1 Å². The minimum atomic E-state index is -0.146. The summed E-state index contributed by atoms with van der Waals surface area (Å²) >= 11 is 0. The fourth-order valence-electron chi connectivity index (χ4n) is 2.25. The average Bonchev–Trinajstić information content (AvgIpc) is 3.08. The summed E-state index contributed by atoms with van der Waals surface area (Å²) in [5.41, 5.74) is 2.52. The molecule has 0 radical (unpaired) electrons. The molecule has 1 aromatic rings. The zero-order valence-electron chi connectivity index (χ0n) is 13.1. The largest absolute Gasteiger partial charge is 0.309 e. The summed E-state index contributed by atoms with van der Waals surface area (Å²) in [5.74, 6) is 0.0874. The molecule has 0 bridgehead atoms. The van der Waals surface area contributed by atoms with Gasteiger partial charge in [0.05, 0.1) is 6.54 Å². The quantitative estimate of drug-likeness (QED) is 0.888. The molecule has 0 aliphatic heterocycles. The summed E-state index contributed by atoms with van der Waals surface area (Å²) in [6.45, 7) is 9.19. The fourth-order valence-corrected chi connectivity index (χ4v) is 2.25.